The molecule has 0 bridgehead atoms. The molecule has 0 saturated heterocycles. The Morgan fingerprint density at radius 3 is 2.79 bits per heavy atom. The van der Waals surface area contributed by atoms with Crippen LogP contribution in [-0.4, -0.2) is 11.5 Å². The fourth-order valence-electron chi connectivity index (χ4n) is 2.13. The van der Waals surface area contributed by atoms with Gasteiger partial charge in [-0.25, -0.2) is 4.39 Å². The number of aromatic nitrogens is 1. The number of nitrogens with zero attached hydrogens (tertiary/aromatic N) is 1. The smallest absolute Gasteiger partial charge is 0.123 e. The summed E-state index contributed by atoms with van der Waals surface area (Å²) in [4.78, 5) is 4.09. The standard InChI is InChI=1S/C16H19FN2/c1-3-7-18-11-13-4-5-14(17)9-16(13)15-6-8-19-10-12(15)2/h4-6,8-10,18H,3,7,11H2,1-2H3. The van der Waals surface area contributed by atoms with E-state index < -0.39 is 0 Å². The van der Waals surface area contributed by atoms with Gasteiger partial charge in [-0.3, -0.25) is 4.98 Å². The summed E-state index contributed by atoms with van der Waals surface area (Å²) in [6.07, 6.45) is 4.64. The van der Waals surface area contributed by atoms with Crippen molar-refractivity contribution in [1.82, 2.24) is 10.3 Å². The van der Waals surface area contributed by atoms with E-state index in [0.29, 0.717) is 0 Å². The van der Waals surface area contributed by atoms with Gasteiger partial charge in [0.05, 0.1) is 0 Å². The molecule has 0 aliphatic heterocycles. The van der Waals surface area contributed by atoms with Crippen LogP contribution in [0.4, 0.5) is 4.39 Å². The normalized spacial score (nSPS) is 10.7. The van der Waals surface area contributed by atoms with Gasteiger partial charge in [0.25, 0.3) is 0 Å². The van der Waals surface area contributed by atoms with Crippen molar-refractivity contribution in [2.45, 2.75) is 26.8 Å². The first kappa shape index (κ1) is 13.7. The lowest BCUT2D eigenvalue weighted by atomic mass is 9.97. The monoisotopic (exact) mass is 258 g/mol. The average Bonchev–Trinajstić information content (AvgIpc) is 2.41. The summed E-state index contributed by atoms with van der Waals surface area (Å²) in [6, 6.07) is 6.91. The summed E-state index contributed by atoms with van der Waals surface area (Å²) in [6.45, 7) is 5.85. The molecule has 2 aromatic rings. The molecule has 1 heterocycles. The van der Waals surface area contributed by atoms with Crippen molar-refractivity contribution >= 4 is 0 Å². The number of nitrogens with one attached hydrogen (secondary N) is 1. The molecule has 100 valence electrons. The Bertz CT molecular complexity index is 552. The summed E-state index contributed by atoms with van der Waals surface area (Å²) in [5.74, 6) is -0.203. The summed E-state index contributed by atoms with van der Waals surface area (Å²) in [5.41, 5.74) is 4.17. The maximum atomic E-state index is 13.5. The van der Waals surface area contributed by atoms with Gasteiger partial charge in [0.15, 0.2) is 0 Å². The molecule has 1 aromatic carbocycles. The second-order valence-corrected chi connectivity index (χ2v) is 4.67. The quantitative estimate of drug-likeness (QED) is 0.827. The molecular formula is C16H19FN2. The molecule has 0 unspecified atom stereocenters. The summed E-state index contributed by atoms with van der Waals surface area (Å²) < 4.78 is 13.5. The first-order chi connectivity index (χ1) is 9.22. The van der Waals surface area contributed by atoms with Crippen molar-refractivity contribution < 1.29 is 4.39 Å². The van der Waals surface area contributed by atoms with E-state index in [-0.39, 0.29) is 5.82 Å². The number of benzene rings is 1. The Kier molecular flexibility index (Phi) is 4.63. The minimum Gasteiger partial charge on any atom is -0.313 e. The predicted molar refractivity (Wildman–Crippen MR) is 76.4 cm³/mol. The Morgan fingerprint density at radius 2 is 2.05 bits per heavy atom. The largest absolute Gasteiger partial charge is 0.313 e. The van der Waals surface area contributed by atoms with Crippen LogP contribution in [0.25, 0.3) is 11.1 Å². The third-order valence-electron chi connectivity index (χ3n) is 3.12. The van der Waals surface area contributed by atoms with E-state index in [1.165, 1.54) is 6.07 Å². The fourth-order valence-corrected chi connectivity index (χ4v) is 2.13. The highest BCUT2D eigenvalue weighted by Crippen LogP contribution is 2.27. The van der Waals surface area contributed by atoms with Gasteiger partial charge >= 0.3 is 0 Å². The molecule has 0 fully saturated rings. The third kappa shape index (κ3) is 3.38. The molecule has 1 aromatic heterocycles. The van der Waals surface area contributed by atoms with Crippen molar-refractivity contribution in [1.29, 1.82) is 0 Å². The summed E-state index contributed by atoms with van der Waals surface area (Å²) >= 11 is 0. The number of hydrogen-bond donors (Lipinski definition) is 1. The Hall–Kier alpha value is -1.74. The van der Waals surface area contributed by atoms with Crippen molar-refractivity contribution in [2.75, 3.05) is 6.54 Å². The molecule has 0 spiro atoms. The molecular weight excluding hydrogens is 239 g/mol. The van der Waals surface area contributed by atoms with E-state index >= 15 is 0 Å². The van der Waals surface area contributed by atoms with Crippen LogP contribution >= 0.6 is 0 Å². The van der Waals surface area contributed by atoms with Gasteiger partial charge < -0.3 is 5.32 Å². The maximum Gasteiger partial charge on any atom is 0.123 e. The molecule has 3 heteroatoms. The maximum absolute atomic E-state index is 13.5. The van der Waals surface area contributed by atoms with Crippen LogP contribution in [0, 0.1) is 12.7 Å². The van der Waals surface area contributed by atoms with Crippen molar-refractivity contribution in [3.05, 3.63) is 53.6 Å². The summed E-state index contributed by atoms with van der Waals surface area (Å²) in [5, 5.41) is 3.36. The van der Waals surface area contributed by atoms with Gasteiger partial charge in [-0.2, -0.15) is 0 Å². The van der Waals surface area contributed by atoms with Crippen molar-refractivity contribution in [3.63, 3.8) is 0 Å². The van der Waals surface area contributed by atoms with E-state index in [9.17, 15) is 4.39 Å². The van der Waals surface area contributed by atoms with Gasteiger partial charge in [0.2, 0.25) is 0 Å². The van der Waals surface area contributed by atoms with Crippen LogP contribution in [0.15, 0.2) is 36.7 Å². The molecule has 0 atom stereocenters. The fraction of sp³-hybridized carbons (Fsp3) is 0.312. The van der Waals surface area contributed by atoms with Crippen LogP contribution < -0.4 is 5.32 Å². The SMILES string of the molecule is CCCNCc1ccc(F)cc1-c1ccncc1C. The lowest BCUT2D eigenvalue weighted by Gasteiger charge is -2.12. The summed E-state index contributed by atoms with van der Waals surface area (Å²) in [7, 11) is 0. The van der Waals surface area contributed by atoms with E-state index in [1.54, 1.807) is 12.3 Å². The van der Waals surface area contributed by atoms with Crippen LogP contribution in [-0.2, 0) is 6.54 Å². The number of rotatable bonds is 5. The second-order valence-electron chi connectivity index (χ2n) is 4.67. The first-order valence-electron chi connectivity index (χ1n) is 6.62. The molecule has 19 heavy (non-hydrogen) atoms. The lowest BCUT2D eigenvalue weighted by Crippen LogP contribution is -2.14. The highest BCUT2D eigenvalue weighted by Gasteiger charge is 2.08. The molecule has 1 N–H and O–H groups in total. The molecule has 2 rings (SSSR count). The molecule has 0 aliphatic rings. The van der Waals surface area contributed by atoms with Gasteiger partial charge in [-0.1, -0.05) is 13.0 Å². The molecule has 2 nitrogen and oxygen atoms in total. The molecule has 0 saturated carbocycles. The van der Waals surface area contributed by atoms with Crippen LogP contribution in [0.3, 0.4) is 0 Å². The van der Waals surface area contributed by atoms with Crippen molar-refractivity contribution in [3.8, 4) is 11.1 Å². The zero-order valence-corrected chi connectivity index (χ0v) is 11.4. The number of pyridine rings is 1. The van der Waals surface area contributed by atoms with Crippen molar-refractivity contribution in [2.24, 2.45) is 0 Å². The zero-order chi connectivity index (χ0) is 13.7. The number of aryl methyl sites for hydroxylation is 1. The number of hydrogen-bond acceptors (Lipinski definition) is 2. The Morgan fingerprint density at radius 1 is 1.21 bits per heavy atom. The number of halogens is 1. The van der Waals surface area contributed by atoms with Gasteiger partial charge in [-0.15, -0.1) is 0 Å². The average molecular weight is 258 g/mol. The highest BCUT2D eigenvalue weighted by molar-refractivity contribution is 5.70. The van der Waals surface area contributed by atoms with Gasteiger partial charge in [0.1, 0.15) is 5.82 Å². The van der Waals surface area contributed by atoms with Crippen LogP contribution in [0.1, 0.15) is 24.5 Å². The van der Waals surface area contributed by atoms with Gasteiger partial charge in [-0.05, 0) is 60.3 Å². The first-order valence-corrected chi connectivity index (χ1v) is 6.62. The third-order valence-corrected chi connectivity index (χ3v) is 3.12. The lowest BCUT2D eigenvalue weighted by molar-refractivity contribution is 0.625. The van der Waals surface area contributed by atoms with Gasteiger partial charge in [0, 0.05) is 18.9 Å². The van der Waals surface area contributed by atoms with E-state index in [4.69, 9.17) is 0 Å². The van der Waals surface area contributed by atoms with E-state index in [1.807, 2.05) is 25.3 Å². The molecule has 0 amide bonds. The minimum absolute atomic E-state index is 0.203. The predicted octanol–water partition coefficient (Wildman–Crippen LogP) is 3.70. The topological polar surface area (TPSA) is 24.9 Å². The van der Waals surface area contributed by atoms with E-state index in [0.717, 1.165) is 41.8 Å². The minimum atomic E-state index is -0.203. The van der Waals surface area contributed by atoms with Crippen LogP contribution in [0.2, 0.25) is 0 Å². The molecule has 0 aliphatic carbocycles. The second kappa shape index (κ2) is 6.43. The van der Waals surface area contributed by atoms with E-state index in [2.05, 4.69) is 17.2 Å². The Labute approximate surface area is 113 Å². The Balaban J connectivity index is 2.37. The highest BCUT2D eigenvalue weighted by atomic mass is 19.1. The zero-order valence-electron chi connectivity index (χ0n) is 11.4. The molecule has 0 radical (unpaired) electrons. The van der Waals surface area contributed by atoms with Crippen LogP contribution in [0.5, 0.6) is 0 Å².